The zero-order valence-electron chi connectivity index (χ0n) is 8.49. The second-order valence-electron chi connectivity index (χ2n) is 3.31. The molecule has 17 heavy (non-hydrogen) atoms. The number of nitrogens with two attached hydrogens (primary N) is 1. The van der Waals surface area contributed by atoms with Crippen LogP contribution in [0.15, 0.2) is 41.2 Å². The van der Waals surface area contributed by atoms with Crippen LogP contribution in [0.4, 0.5) is 18.9 Å². The zero-order valence-corrected chi connectivity index (χ0v) is 8.49. The quantitative estimate of drug-likeness (QED) is 0.822. The Labute approximate surface area is 94.6 Å². The molecule has 0 aliphatic heterocycles. The maximum absolute atomic E-state index is 12.0. The summed E-state index contributed by atoms with van der Waals surface area (Å²) in [5, 5.41) is 0. The van der Waals surface area contributed by atoms with Gasteiger partial charge in [0.2, 0.25) is 0 Å². The minimum Gasteiger partial charge on any atom is -0.472 e. The van der Waals surface area contributed by atoms with Gasteiger partial charge in [-0.1, -0.05) is 6.07 Å². The molecule has 6 heteroatoms. The third-order valence-corrected chi connectivity index (χ3v) is 2.09. The highest BCUT2D eigenvalue weighted by molar-refractivity contribution is 5.69. The van der Waals surface area contributed by atoms with Gasteiger partial charge in [-0.05, 0) is 23.8 Å². The summed E-state index contributed by atoms with van der Waals surface area (Å²) in [5.41, 5.74) is 6.79. The summed E-state index contributed by atoms with van der Waals surface area (Å²) in [5.74, 6) is -0.412. The van der Waals surface area contributed by atoms with Crippen molar-refractivity contribution >= 4 is 5.69 Å². The molecule has 0 unspecified atom stereocenters. The van der Waals surface area contributed by atoms with Crippen molar-refractivity contribution in [3.05, 3.63) is 36.8 Å². The van der Waals surface area contributed by atoms with Gasteiger partial charge in [-0.2, -0.15) is 0 Å². The van der Waals surface area contributed by atoms with Crippen LogP contribution >= 0.6 is 0 Å². The van der Waals surface area contributed by atoms with Gasteiger partial charge in [-0.3, -0.25) is 0 Å². The number of alkyl halides is 3. The fourth-order valence-corrected chi connectivity index (χ4v) is 1.37. The standard InChI is InChI=1S/C11H8F3NO2/c12-11(13,14)17-10-2-1-7(5-9(10)15)8-3-4-16-6-8/h1-6H,15H2. The molecule has 2 rings (SSSR count). The van der Waals surface area contributed by atoms with Crippen molar-refractivity contribution in [3.63, 3.8) is 0 Å². The third kappa shape index (κ3) is 2.72. The molecule has 3 nitrogen and oxygen atoms in total. The van der Waals surface area contributed by atoms with Crippen LogP contribution in [0.25, 0.3) is 11.1 Å². The SMILES string of the molecule is Nc1cc(-c2ccoc2)ccc1OC(F)(F)F. The lowest BCUT2D eigenvalue weighted by Crippen LogP contribution is -2.17. The molecule has 0 spiro atoms. The molecule has 1 heterocycles. The van der Waals surface area contributed by atoms with Gasteiger partial charge in [0.25, 0.3) is 0 Å². The molecule has 0 aliphatic carbocycles. The highest BCUT2D eigenvalue weighted by atomic mass is 19.4. The molecule has 2 aromatic rings. The van der Waals surface area contributed by atoms with Gasteiger partial charge >= 0.3 is 6.36 Å². The van der Waals surface area contributed by atoms with E-state index in [-0.39, 0.29) is 5.69 Å². The lowest BCUT2D eigenvalue weighted by atomic mass is 10.1. The van der Waals surface area contributed by atoms with Crippen molar-refractivity contribution in [1.29, 1.82) is 0 Å². The van der Waals surface area contributed by atoms with Crippen LogP contribution in [-0.2, 0) is 0 Å². The maximum Gasteiger partial charge on any atom is 0.573 e. The monoisotopic (exact) mass is 243 g/mol. The average Bonchev–Trinajstić information content (AvgIpc) is 2.72. The summed E-state index contributed by atoms with van der Waals surface area (Å²) in [6.07, 6.45) is -1.81. The number of furan rings is 1. The van der Waals surface area contributed by atoms with Crippen LogP contribution in [-0.4, -0.2) is 6.36 Å². The fourth-order valence-electron chi connectivity index (χ4n) is 1.37. The van der Waals surface area contributed by atoms with Crippen molar-refractivity contribution in [2.45, 2.75) is 6.36 Å². The van der Waals surface area contributed by atoms with E-state index in [4.69, 9.17) is 10.2 Å². The van der Waals surface area contributed by atoms with Crippen LogP contribution in [0.1, 0.15) is 0 Å². The Bertz CT molecular complexity index is 506. The second kappa shape index (κ2) is 4.04. The lowest BCUT2D eigenvalue weighted by molar-refractivity contribution is -0.274. The van der Waals surface area contributed by atoms with E-state index in [0.29, 0.717) is 5.56 Å². The number of anilines is 1. The second-order valence-corrected chi connectivity index (χ2v) is 3.31. The first-order chi connectivity index (χ1) is 7.96. The normalized spacial score (nSPS) is 11.5. The first-order valence-electron chi connectivity index (χ1n) is 4.63. The predicted octanol–water partition coefficient (Wildman–Crippen LogP) is 3.43. The van der Waals surface area contributed by atoms with Gasteiger partial charge in [0.05, 0.1) is 18.2 Å². The van der Waals surface area contributed by atoms with Crippen molar-refractivity contribution in [2.75, 3.05) is 5.73 Å². The van der Waals surface area contributed by atoms with Crippen LogP contribution < -0.4 is 10.5 Å². The minimum atomic E-state index is -4.74. The first-order valence-corrected chi connectivity index (χ1v) is 4.63. The average molecular weight is 243 g/mol. The van der Waals surface area contributed by atoms with Gasteiger partial charge in [0.1, 0.15) is 0 Å². The van der Waals surface area contributed by atoms with Crippen LogP contribution in [0.2, 0.25) is 0 Å². The Kier molecular flexibility index (Phi) is 2.71. The van der Waals surface area contributed by atoms with Crippen LogP contribution in [0.5, 0.6) is 5.75 Å². The van der Waals surface area contributed by atoms with Crippen LogP contribution in [0.3, 0.4) is 0 Å². The van der Waals surface area contributed by atoms with E-state index in [1.807, 2.05) is 0 Å². The minimum absolute atomic E-state index is 0.0824. The largest absolute Gasteiger partial charge is 0.573 e. The van der Waals surface area contributed by atoms with Crippen molar-refractivity contribution < 1.29 is 22.3 Å². The molecule has 0 saturated heterocycles. The molecule has 1 aromatic heterocycles. The van der Waals surface area contributed by atoms with E-state index < -0.39 is 12.1 Å². The van der Waals surface area contributed by atoms with Gasteiger partial charge in [0, 0.05) is 5.56 Å². The van der Waals surface area contributed by atoms with Gasteiger partial charge in [-0.25, -0.2) is 0 Å². The van der Waals surface area contributed by atoms with E-state index in [2.05, 4.69) is 4.74 Å². The van der Waals surface area contributed by atoms with Crippen molar-refractivity contribution in [2.24, 2.45) is 0 Å². The molecule has 2 N–H and O–H groups in total. The number of nitrogen functional groups attached to an aromatic ring is 1. The summed E-state index contributed by atoms with van der Waals surface area (Å²) in [4.78, 5) is 0. The maximum atomic E-state index is 12.0. The Balaban J connectivity index is 2.29. The Morgan fingerprint density at radius 1 is 1.12 bits per heavy atom. The summed E-state index contributed by atoms with van der Waals surface area (Å²) in [6.45, 7) is 0. The molecular formula is C11H8F3NO2. The zero-order chi connectivity index (χ0) is 12.5. The first kappa shape index (κ1) is 11.4. The molecule has 0 radical (unpaired) electrons. The Morgan fingerprint density at radius 2 is 1.88 bits per heavy atom. The number of benzene rings is 1. The molecule has 0 aliphatic rings. The summed E-state index contributed by atoms with van der Waals surface area (Å²) < 4.78 is 44.6. The fraction of sp³-hybridized carbons (Fsp3) is 0.0909. The number of halogens is 3. The summed E-state index contributed by atoms with van der Waals surface area (Å²) >= 11 is 0. The molecular weight excluding hydrogens is 235 g/mol. The molecule has 1 aromatic carbocycles. The molecule has 0 atom stereocenters. The predicted molar refractivity (Wildman–Crippen MR) is 55.2 cm³/mol. The molecule has 90 valence electrons. The van der Waals surface area contributed by atoms with E-state index in [0.717, 1.165) is 5.56 Å². The molecule has 0 saturated carbocycles. The Hall–Kier alpha value is -2.11. The smallest absolute Gasteiger partial charge is 0.472 e. The highest BCUT2D eigenvalue weighted by Crippen LogP contribution is 2.32. The van der Waals surface area contributed by atoms with E-state index >= 15 is 0 Å². The third-order valence-electron chi connectivity index (χ3n) is 2.09. The van der Waals surface area contributed by atoms with Gasteiger partial charge in [-0.15, -0.1) is 13.2 Å². The molecule has 0 amide bonds. The number of hydrogen-bond acceptors (Lipinski definition) is 3. The number of rotatable bonds is 2. The number of hydrogen-bond donors (Lipinski definition) is 1. The van der Waals surface area contributed by atoms with E-state index in [9.17, 15) is 13.2 Å². The summed E-state index contributed by atoms with van der Waals surface area (Å²) in [7, 11) is 0. The lowest BCUT2D eigenvalue weighted by Gasteiger charge is -2.11. The topological polar surface area (TPSA) is 48.4 Å². The van der Waals surface area contributed by atoms with Crippen LogP contribution in [0, 0.1) is 0 Å². The van der Waals surface area contributed by atoms with E-state index in [1.54, 1.807) is 6.07 Å². The highest BCUT2D eigenvalue weighted by Gasteiger charge is 2.31. The van der Waals surface area contributed by atoms with Gasteiger partial charge in [0.15, 0.2) is 5.75 Å². The summed E-state index contributed by atoms with van der Waals surface area (Å²) in [6, 6.07) is 5.72. The molecule has 0 bridgehead atoms. The van der Waals surface area contributed by atoms with Crippen molar-refractivity contribution in [3.8, 4) is 16.9 Å². The molecule has 0 fully saturated rings. The Morgan fingerprint density at radius 3 is 2.41 bits per heavy atom. The van der Waals surface area contributed by atoms with Gasteiger partial charge < -0.3 is 14.9 Å². The van der Waals surface area contributed by atoms with E-state index in [1.165, 1.54) is 30.7 Å². The van der Waals surface area contributed by atoms with Crippen molar-refractivity contribution in [1.82, 2.24) is 0 Å². The number of ether oxygens (including phenoxy) is 1.